The van der Waals surface area contributed by atoms with Gasteiger partial charge in [-0.3, -0.25) is 4.79 Å². The van der Waals surface area contributed by atoms with Gasteiger partial charge in [-0.05, 0) is 50.1 Å². The van der Waals surface area contributed by atoms with Gasteiger partial charge in [0.25, 0.3) is 0 Å². The van der Waals surface area contributed by atoms with Crippen LogP contribution in [0.4, 0.5) is 5.69 Å². The molecule has 1 aliphatic rings. The average Bonchev–Trinajstić information content (AvgIpc) is 3.04. The summed E-state index contributed by atoms with van der Waals surface area (Å²) in [5, 5.41) is 11.7. The fourth-order valence-electron chi connectivity index (χ4n) is 3.12. The molecule has 144 valence electrons. The molecule has 0 saturated heterocycles. The molecule has 0 aliphatic carbocycles. The summed E-state index contributed by atoms with van der Waals surface area (Å²) in [4.78, 5) is 13.2. The zero-order valence-electron chi connectivity index (χ0n) is 15.7. The molecule has 0 saturated carbocycles. The van der Waals surface area contributed by atoms with Gasteiger partial charge in [-0.1, -0.05) is 57.5 Å². The van der Waals surface area contributed by atoms with E-state index in [2.05, 4.69) is 68.1 Å². The van der Waals surface area contributed by atoms with Crippen LogP contribution in [-0.2, 0) is 4.79 Å². The number of aromatic nitrogens is 3. The number of anilines is 1. The number of carbonyl (C=O) groups is 1. The zero-order valence-corrected chi connectivity index (χ0v) is 18.1. The summed E-state index contributed by atoms with van der Waals surface area (Å²) in [7, 11) is 0. The van der Waals surface area contributed by atoms with Crippen LogP contribution in [0.25, 0.3) is 0 Å². The van der Waals surface area contributed by atoms with E-state index in [1.807, 2.05) is 36.7 Å². The Hall–Kier alpha value is -2.32. The van der Waals surface area contributed by atoms with Crippen molar-refractivity contribution in [3.8, 4) is 0 Å². The lowest BCUT2D eigenvalue weighted by atomic mass is 10.0. The molecule has 2 atom stereocenters. The molecule has 0 unspecified atom stereocenters. The average molecular weight is 458 g/mol. The normalized spacial score (nSPS) is 18.3. The number of hydrogen-bond acceptors (Lipinski definition) is 5. The molecular formula is C20H20BrN5OS. The molecule has 8 heteroatoms. The van der Waals surface area contributed by atoms with Crippen LogP contribution < -0.4 is 10.7 Å². The first-order chi connectivity index (χ1) is 13.4. The van der Waals surface area contributed by atoms with Crippen LogP contribution in [-0.4, -0.2) is 26.0 Å². The Morgan fingerprint density at radius 3 is 2.61 bits per heavy atom. The minimum Gasteiger partial charge on any atom is -0.325 e. The number of aryl methyl sites for hydroxylation is 3. The minimum absolute atomic E-state index is 0.0725. The number of amides is 1. The number of carbonyl (C=O) groups excluding carboxylic acids is 1. The molecule has 1 aromatic heterocycles. The fraction of sp³-hybridized carbons (Fsp3) is 0.250. The van der Waals surface area contributed by atoms with Gasteiger partial charge in [-0.15, -0.1) is 10.2 Å². The quantitative estimate of drug-likeness (QED) is 0.610. The van der Waals surface area contributed by atoms with Crippen LogP contribution in [0.1, 0.15) is 28.6 Å². The van der Waals surface area contributed by atoms with Gasteiger partial charge in [-0.25, -0.2) is 4.68 Å². The summed E-state index contributed by atoms with van der Waals surface area (Å²) in [5.41, 5.74) is 7.49. The summed E-state index contributed by atoms with van der Waals surface area (Å²) in [5.74, 6) is 0.693. The maximum atomic E-state index is 13.2. The number of hydrogen-bond donors (Lipinski definition) is 2. The minimum atomic E-state index is -0.386. The van der Waals surface area contributed by atoms with Crippen molar-refractivity contribution in [2.75, 3.05) is 10.7 Å². The summed E-state index contributed by atoms with van der Waals surface area (Å²) in [6.07, 6.45) is 0. The third kappa shape index (κ3) is 3.66. The molecule has 4 rings (SSSR count). The zero-order chi connectivity index (χ0) is 19.8. The van der Waals surface area contributed by atoms with Gasteiger partial charge in [0.1, 0.15) is 11.1 Å². The lowest BCUT2D eigenvalue weighted by molar-refractivity contribution is -0.116. The second-order valence-electron chi connectivity index (χ2n) is 6.87. The smallest absolute Gasteiger partial charge is 0.240 e. The molecule has 1 amide bonds. The molecule has 0 bridgehead atoms. The molecule has 28 heavy (non-hydrogen) atoms. The fourth-order valence-corrected chi connectivity index (χ4v) is 4.49. The first-order valence-corrected chi connectivity index (χ1v) is 10.6. The van der Waals surface area contributed by atoms with Crippen molar-refractivity contribution < 1.29 is 4.79 Å². The summed E-state index contributed by atoms with van der Waals surface area (Å²) >= 11 is 4.92. The molecule has 6 nitrogen and oxygen atoms in total. The van der Waals surface area contributed by atoms with E-state index in [1.165, 1.54) is 17.3 Å². The van der Waals surface area contributed by atoms with Crippen LogP contribution in [0, 0.1) is 20.8 Å². The second kappa shape index (κ2) is 7.60. The highest BCUT2D eigenvalue weighted by molar-refractivity contribution is 9.10. The maximum absolute atomic E-state index is 13.2. The van der Waals surface area contributed by atoms with Gasteiger partial charge in [0, 0.05) is 10.2 Å². The monoisotopic (exact) mass is 457 g/mol. The van der Waals surface area contributed by atoms with Crippen molar-refractivity contribution in [1.82, 2.24) is 14.9 Å². The lowest BCUT2D eigenvalue weighted by Crippen LogP contribution is -2.41. The summed E-state index contributed by atoms with van der Waals surface area (Å²) in [6, 6.07) is 13.8. The molecule has 0 spiro atoms. The Labute approximate surface area is 176 Å². The van der Waals surface area contributed by atoms with Crippen LogP contribution in [0.2, 0.25) is 0 Å². The number of thioether (sulfide) groups is 1. The SMILES string of the molecule is Cc1ccc([C@H]2Nn3c(C)nnc3S[C@H]2C(=O)Nc2ccc(Br)c(C)c2)cc1. The van der Waals surface area contributed by atoms with Gasteiger partial charge in [0.2, 0.25) is 11.1 Å². The number of benzene rings is 2. The number of rotatable bonds is 3. The van der Waals surface area contributed by atoms with E-state index >= 15 is 0 Å². The molecule has 0 fully saturated rings. The van der Waals surface area contributed by atoms with E-state index in [-0.39, 0.29) is 17.2 Å². The van der Waals surface area contributed by atoms with Gasteiger partial charge in [0.05, 0.1) is 6.04 Å². The Bertz CT molecular complexity index is 1030. The van der Waals surface area contributed by atoms with Crippen LogP contribution in [0.15, 0.2) is 52.1 Å². The first-order valence-electron chi connectivity index (χ1n) is 8.91. The highest BCUT2D eigenvalue weighted by Crippen LogP contribution is 2.37. The van der Waals surface area contributed by atoms with Crippen LogP contribution in [0.3, 0.4) is 0 Å². The molecule has 0 radical (unpaired) electrons. The van der Waals surface area contributed by atoms with E-state index in [0.29, 0.717) is 5.16 Å². The van der Waals surface area contributed by atoms with Gasteiger partial charge < -0.3 is 10.7 Å². The molecule has 3 aromatic rings. The Morgan fingerprint density at radius 1 is 1.14 bits per heavy atom. The van der Waals surface area contributed by atoms with Gasteiger partial charge in [0.15, 0.2) is 0 Å². The lowest BCUT2D eigenvalue weighted by Gasteiger charge is -2.32. The third-order valence-corrected chi connectivity index (χ3v) is 6.82. The largest absolute Gasteiger partial charge is 0.325 e. The first kappa shape index (κ1) is 19.0. The van der Waals surface area contributed by atoms with Crippen LogP contribution in [0.5, 0.6) is 0 Å². The number of fused-ring (bicyclic) bond motifs is 1. The van der Waals surface area contributed by atoms with Gasteiger partial charge in [-0.2, -0.15) is 0 Å². The van der Waals surface area contributed by atoms with E-state index < -0.39 is 0 Å². The van der Waals surface area contributed by atoms with Crippen LogP contribution >= 0.6 is 27.7 Å². The van der Waals surface area contributed by atoms with Crippen molar-refractivity contribution in [3.05, 3.63) is 69.5 Å². The van der Waals surface area contributed by atoms with E-state index in [0.717, 1.165) is 27.1 Å². The predicted molar refractivity (Wildman–Crippen MR) is 115 cm³/mol. The van der Waals surface area contributed by atoms with E-state index in [4.69, 9.17) is 0 Å². The van der Waals surface area contributed by atoms with Crippen molar-refractivity contribution in [2.45, 2.75) is 37.2 Å². The molecule has 2 heterocycles. The van der Waals surface area contributed by atoms with Crippen molar-refractivity contribution in [1.29, 1.82) is 0 Å². The Kier molecular flexibility index (Phi) is 5.16. The standard InChI is InChI=1S/C20H20BrN5OS/c1-11-4-6-14(7-5-11)17-18(28-20-24-23-13(3)26(20)25-17)19(27)22-15-8-9-16(21)12(2)10-15/h4-10,17-18,25H,1-3H3,(H,22,27)/t17-,18-/m1/s1. The molecular weight excluding hydrogens is 438 g/mol. The number of nitrogens with zero attached hydrogens (tertiary/aromatic N) is 3. The molecule has 2 N–H and O–H groups in total. The Balaban J connectivity index is 1.65. The van der Waals surface area contributed by atoms with Crippen molar-refractivity contribution in [3.63, 3.8) is 0 Å². The second-order valence-corrected chi connectivity index (χ2v) is 8.84. The Morgan fingerprint density at radius 2 is 1.89 bits per heavy atom. The summed E-state index contributed by atoms with van der Waals surface area (Å²) < 4.78 is 2.86. The van der Waals surface area contributed by atoms with Gasteiger partial charge >= 0.3 is 0 Å². The summed E-state index contributed by atoms with van der Waals surface area (Å²) in [6.45, 7) is 5.94. The number of nitrogens with one attached hydrogen (secondary N) is 2. The van der Waals surface area contributed by atoms with Crippen molar-refractivity contribution >= 4 is 39.3 Å². The topological polar surface area (TPSA) is 71.8 Å². The maximum Gasteiger partial charge on any atom is 0.240 e. The molecule has 2 aromatic carbocycles. The van der Waals surface area contributed by atoms with Crippen molar-refractivity contribution in [2.24, 2.45) is 0 Å². The van der Waals surface area contributed by atoms with E-state index in [9.17, 15) is 4.79 Å². The highest BCUT2D eigenvalue weighted by atomic mass is 79.9. The third-order valence-electron chi connectivity index (χ3n) is 4.72. The predicted octanol–water partition coefficient (Wildman–Crippen LogP) is 4.36. The van der Waals surface area contributed by atoms with E-state index in [1.54, 1.807) is 0 Å². The number of halogens is 1. The highest BCUT2D eigenvalue weighted by Gasteiger charge is 2.37. The molecule has 1 aliphatic heterocycles.